The first-order chi connectivity index (χ1) is 11.8. The van der Waals surface area contributed by atoms with Gasteiger partial charge >= 0.3 is 0 Å². The Hall–Kier alpha value is -2.08. The van der Waals surface area contributed by atoms with E-state index in [9.17, 15) is 4.79 Å². The van der Waals surface area contributed by atoms with Gasteiger partial charge in [0, 0.05) is 37.0 Å². The predicted molar refractivity (Wildman–Crippen MR) is 91.6 cm³/mol. The van der Waals surface area contributed by atoms with Crippen LogP contribution in [-0.2, 0) is 11.2 Å². The van der Waals surface area contributed by atoms with Crippen molar-refractivity contribution in [1.82, 2.24) is 9.88 Å². The molecule has 0 atom stereocenters. The third-order valence-corrected chi connectivity index (χ3v) is 5.65. The number of carbonyl (C=O) groups is 1. The number of aromatic nitrogens is 1. The van der Waals surface area contributed by atoms with E-state index in [1.54, 1.807) is 11.3 Å². The molecule has 1 aromatic heterocycles. The number of ether oxygens (including phenoxy) is 2. The lowest BCUT2D eigenvalue weighted by Crippen LogP contribution is -2.38. The maximum absolute atomic E-state index is 12.5. The second-order valence-electron chi connectivity index (χ2n) is 6.21. The Labute approximate surface area is 145 Å². The smallest absolute Gasteiger partial charge is 0.231 e. The van der Waals surface area contributed by atoms with Crippen LogP contribution in [0.5, 0.6) is 11.5 Å². The topological polar surface area (TPSA) is 51.7 Å². The van der Waals surface area contributed by atoms with Gasteiger partial charge in [0.2, 0.25) is 12.7 Å². The normalized spacial score (nSPS) is 17.2. The summed E-state index contributed by atoms with van der Waals surface area (Å²) >= 11 is 1.72. The van der Waals surface area contributed by atoms with E-state index in [1.807, 2.05) is 34.7 Å². The zero-order valence-electron chi connectivity index (χ0n) is 13.4. The van der Waals surface area contributed by atoms with E-state index < -0.39 is 0 Å². The Balaban J connectivity index is 1.28. The summed E-state index contributed by atoms with van der Waals surface area (Å²) < 4.78 is 10.7. The molecule has 0 bridgehead atoms. The summed E-state index contributed by atoms with van der Waals surface area (Å²) in [5.74, 6) is 2.33. The number of nitrogens with zero attached hydrogens (tertiary/aromatic N) is 2. The van der Waals surface area contributed by atoms with E-state index in [0.29, 0.717) is 12.3 Å². The average Bonchev–Trinajstić information content (AvgIpc) is 3.31. The third-order valence-electron chi connectivity index (χ3n) is 4.71. The first-order valence-corrected chi connectivity index (χ1v) is 9.23. The van der Waals surface area contributed by atoms with E-state index in [0.717, 1.165) is 49.4 Å². The fourth-order valence-corrected chi connectivity index (χ4v) is 4.13. The lowest BCUT2D eigenvalue weighted by molar-refractivity contribution is -0.132. The van der Waals surface area contributed by atoms with Crippen LogP contribution in [0.15, 0.2) is 29.8 Å². The number of hydrogen-bond acceptors (Lipinski definition) is 5. The lowest BCUT2D eigenvalue weighted by atomic mass is 9.97. The number of piperidine rings is 1. The number of likely N-dealkylation sites (tertiary alicyclic amines) is 1. The first-order valence-electron chi connectivity index (χ1n) is 8.35. The molecule has 0 saturated carbocycles. The number of thiazole rings is 1. The molecule has 5 nitrogen and oxygen atoms in total. The van der Waals surface area contributed by atoms with Crippen LogP contribution in [0.25, 0.3) is 0 Å². The zero-order valence-corrected chi connectivity index (χ0v) is 14.3. The largest absolute Gasteiger partial charge is 0.454 e. The molecule has 1 saturated heterocycles. The quantitative estimate of drug-likeness (QED) is 0.855. The molecule has 2 aliphatic heterocycles. The van der Waals surface area contributed by atoms with Crippen LogP contribution in [0.1, 0.15) is 35.8 Å². The summed E-state index contributed by atoms with van der Waals surface area (Å²) in [5, 5.41) is 3.24. The molecule has 1 aromatic carbocycles. The number of benzene rings is 1. The summed E-state index contributed by atoms with van der Waals surface area (Å²) in [6.45, 7) is 1.96. The van der Waals surface area contributed by atoms with Gasteiger partial charge in [-0.25, -0.2) is 4.98 Å². The van der Waals surface area contributed by atoms with Gasteiger partial charge in [0.1, 0.15) is 0 Å². The number of carbonyl (C=O) groups excluding carboxylic acids is 1. The lowest BCUT2D eigenvalue weighted by Gasteiger charge is -2.31. The number of rotatable bonds is 4. The van der Waals surface area contributed by atoms with Crippen LogP contribution in [0.2, 0.25) is 0 Å². The Kier molecular flexibility index (Phi) is 4.38. The summed E-state index contributed by atoms with van der Waals surface area (Å²) in [5.41, 5.74) is 1.12. The number of hydrogen-bond donors (Lipinski definition) is 0. The Morgan fingerprint density at radius 3 is 2.88 bits per heavy atom. The van der Waals surface area contributed by atoms with Crippen molar-refractivity contribution in [3.8, 4) is 11.5 Å². The summed E-state index contributed by atoms with van der Waals surface area (Å²) in [6, 6.07) is 5.90. The van der Waals surface area contributed by atoms with Crippen LogP contribution in [0.4, 0.5) is 0 Å². The van der Waals surface area contributed by atoms with E-state index in [-0.39, 0.29) is 12.7 Å². The monoisotopic (exact) mass is 344 g/mol. The molecule has 0 spiro atoms. The van der Waals surface area contributed by atoms with Crippen LogP contribution in [0, 0.1) is 0 Å². The molecule has 2 aromatic rings. The maximum Gasteiger partial charge on any atom is 0.231 e. The van der Waals surface area contributed by atoms with Crippen molar-refractivity contribution in [2.24, 2.45) is 0 Å². The van der Waals surface area contributed by atoms with Crippen molar-refractivity contribution in [3.63, 3.8) is 0 Å². The molecular weight excluding hydrogens is 324 g/mol. The summed E-state index contributed by atoms with van der Waals surface area (Å²) in [6.07, 6.45) is 5.18. The molecule has 1 amide bonds. The second kappa shape index (κ2) is 6.81. The Bertz CT molecular complexity index is 709. The fourth-order valence-electron chi connectivity index (χ4n) is 3.32. The number of amides is 1. The minimum atomic E-state index is 0.241. The highest BCUT2D eigenvalue weighted by atomic mass is 32.1. The van der Waals surface area contributed by atoms with Gasteiger partial charge in [0.25, 0.3) is 0 Å². The summed E-state index contributed by atoms with van der Waals surface area (Å²) in [7, 11) is 0. The van der Waals surface area contributed by atoms with Crippen molar-refractivity contribution in [2.45, 2.75) is 31.6 Å². The molecule has 2 aliphatic rings. The van der Waals surface area contributed by atoms with Gasteiger partial charge in [-0.05, 0) is 37.0 Å². The van der Waals surface area contributed by atoms with E-state index in [2.05, 4.69) is 4.98 Å². The third kappa shape index (κ3) is 3.24. The van der Waals surface area contributed by atoms with Crippen molar-refractivity contribution in [1.29, 1.82) is 0 Å². The molecule has 126 valence electrons. The van der Waals surface area contributed by atoms with Crippen LogP contribution >= 0.6 is 11.3 Å². The van der Waals surface area contributed by atoms with E-state index in [4.69, 9.17) is 9.47 Å². The Morgan fingerprint density at radius 1 is 1.25 bits per heavy atom. The molecule has 4 rings (SSSR count). The highest BCUT2D eigenvalue weighted by molar-refractivity contribution is 7.09. The zero-order chi connectivity index (χ0) is 16.4. The Morgan fingerprint density at radius 2 is 2.08 bits per heavy atom. The summed E-state index contributed by atoms with van der Waals surface area (Å²) in [4.78, 5) is 18.9. The molecule has 0 radical (unpaired) electrons. The molecule has 24 heavy (non-hydrogen) atoms. The molecule has 1 fully saturated rings. The van der Waals surface area contributed by atoms with Crippen LogP contribution < -0.4 is 9.47 Å². The second-order valence-corrected chi connectivity index (χ2v) is 7.14. The van der Waals surface area contributed by atoms with Crippen molar-refractivity contribution >= 4 is 17.2 Å². The average molecular weight is 344 g/mol. The van der Waals surface area contributed by atoms with Gasteiger partial charge < -0.3 is 14.4 Å². The minimum absolute atomic E-state index is 0.241. The van der Waals surface area contributed by atoms with Gasteiger partial charge in [0.15, 0.2) is 11.5 Å². The van der Waals surface area contributed by atoms with Gasteiger partial charge in [0.05, 0.1) is 5.01 Å². The SMILES string of the molecule is O=C(CCc1ccc2c(c1)OCO2)N1CCC(c2nccs2)CC1. The van der Waals surface area contributed by atoms with Gasteiger partial charge in [-0.3, -0.25) is 4.79 Å². The molecule has 6 heteroatoms. The standard InChI is InChI=1S/C18H20N2O3S/c21-17(4-2-13-1-3-15-16(11-13)23-12-22-15)20-8-5-14(6-9-20)18-19-7-10-24-18/h1,3,7,10-11,14H,2,4-6,8-9,12H2. The van der Waals surface area contributed by atoms with E-state index >= 15 is 0 Å². The van der Waals surface area contributed by atoms with Gasteiger partial charge in [-0.2, -0.15) is 0 Å². The minimum Gasteiger partial charge on any atom is -0.454 e. The molecule has 0 aliphatic carbocycles. The highest BCUT2D eigenvalue weighted by Crippen LogP contribution is 2.33. The number of aryl methyl sites for hydroxylation is 1. The van der Waals surface area contributed by atoms with Gasteiger partial charge in [-0.1, -0.05) is 6.07 Å². The van der Waals surface area contributed by atoms with Crippen molar-refractivity contribution in [2.75, 3.05) is 19.9 Å². The molecular formula is C18H20N2O3S. The maximum atomic E-state index is 12.5. The molecule has 3 heterocycles. The van der Waals surface area contributed by atoms with Crippen LogP contribution in [-0.4, -0.2) is 35.7 Å². The number of fused-ring (bicyclic) bond motifs is 1. The van der Waals surface area contributed by atoms with E-state index in [1.165, 1.54) is 5.01 Å². The van der Waals surface area contributed by atoms with Crippen LogP contribution in [0.3, 0.4) is 0 Å². The highest BCUT2D eigenvalue weighted by Gasteiger charge is 2.25. The molecule has 0 N–H and O–H groups in total. The first kappa shape index (κ1) is 15.4. The van der Waals surface area contributed by atoms with Gasteiger partial charge in [-0.15, -0.1) is 11.3 Å². The fraction of sp³-hybridized carbons (Fsp3) is 0.444. The van der Waals surface area contributed by atoms with Crippen molar-refractivity contribution < 1.29 is 14.3 Å². The molecule has 0 unspecified atom stereocenters. The predicted octanol–water partition coefficient (Wildman–Crippen LogP) is 3.21. The van der Waals surface area contributed by atoms with Crippen molar-refractivity contribution in [3.05, 3.63) is 40.3 Å².